The number of ether oxygens (including phenoxy) is 1. The summed E-state index contributed by atoms with van der Waals surface area (Å²) < 4.78 is 4.88. The molecule has 0 radical (unpaired) electrons. The standard InChI is InChI=1S/C18H37N5O4/c1-2-3-8-14(22)17(25)27-18(26)15(10-5-7-12-20)23-16(24)13(21)9-4-6-11-19/h13-15H,2-12,19-22H2,1H3,(H,23,24). The van der Waals surface area contributed by atoms with Crippen LogP contribution in [0.3, 0.4) is 0 Å². The summed E-state index contributed by atoms with van der Waals surface area (Å²) in [5.74, 6) is -2.05. The van der Waals surface area contributed by atoms with Crippen LogP contribution >= 0.6 is 0 Å². The molecule has 0 saturated heterocycles. The van der Waals surface area contributed by atoms with E-state index in [2.05, 4.69) is 5.32 Å². The van der Waals surface area contributed by atoms with E-state index in [0.717, 1.165) is 25.7 Å². The molecule has 9 N–H and O–H groups in total. The lowest BCUT2D eigenvalue weighted by Gasteiger charge is -2.20. The monoisotopic (exact) mass is 387 g/mol. The summed E-state index contributed by atoms with van der Waals surface area (Å²) in [7, 11) is 0. The first kappa shape index (κ1) is 25.4. The van der Waals surface area contributed by atoms with Crippen molar-refractivity contribution < 1.29 is 19.1 Å². The Morgan fingerprint density at radius 1 is 0.815 bits per heavy atom. The van der Waals surface area contributed by atoms with Gasteiger partial charge in [0.1, 0.15) is 12.1 Å². The van der Waals surface area contributed by atoms with Crippen molar-refractivity contribution in [3.05, 3.63) is 0 Å². The van der Waals surface area contributed by atoms with Crippen molar-refractivity contribution in [1.29, 1.82) is 0 Å². The largest absolute Gasteiger partial charge is 0.390 e. The summed E-state index contributed by atoms with van der Waals surface area (Å²) in [5.41, 5.74) is 22.5. The third-order valence-corrected chi connectivity index (χ3v) is 4.23. The Labute approximate surface area is 161 Å². The number of nitrogens with one attached hydrogen (secondary N) is 1. The molecule has 0 aromatic carbocycles. The summed E-state index contributed by atoms with van der Waals surface area (Å²) in [4.78, 5) is 36.5. The van der Waals surface area contributed by atoms with Crippen LogP contribution in [0.5, 0.6) is 0 Å². The summed E-state index contributed by atoms with van der Waals surface area (Å²) in [5, 5.41) is 2.59. The fourth-order valence-electron chi connectivity index (χ4n) is 2.45. The maximum Gasteiger partial charge on any atom is 0.336 e. The van der Waals surface area contributed by atoms with Crippen molar-refractivity contribution in [3.63, 3.8) is 0 Å². The van der Waals surface area contributed by atoms with Crippen molar-refractivity contribution in [2.24, 2.45) is 22.9 Å². The van der Waals surface area contributed by atoms with Gasteiger partial charge < -0.3 is 33.0 Å². The molecule has 27 heavy (non-hydrogen) atoms. The van der Waals surface area contributed by atoms with E-state index in [1.54, 1.807) is 0 Å². The van der Waals surface area contributed by atoms with E-state index < -0.39 is 36.0 Å². The topological polar surface area (TPSA) is 177 Å². The number of carbonyl (C=O) groups excluding carboxylic acids is 3. The second-order valence-electron chi connectivity index (χ2n) is 6.73. The number of hydrogen-bond acceptors (Lipinski definition) is 8. The summed E-state index contributed by atoms with van der Waals surface area (Å²) in [6.45, 7) is 2.97. The normalized spacial score (nSPS) is 14.3. The number of amides is 1. The lowest BCUT2D eigenvalue weighted by Crippen LogP contribution is -2.50. The van der Waals surface area contributed by atoms with E-state index in [4.69, 9.17) is 27.7 Å². The van der Waals surface area contributed by atoms with E-state index in [1.165, 1.54) is 0 Å². The van der Waals surface area contributed by atoms with Gasteiger partial charge in [0, 0.05) is 0 Å². The highest BCUT2D eigenvalue weighted by atomic mass is 16.6. The first-order valence-electron chi connectivity index (χ1n) is 9.84. The van der Waals surface area contributed by atoms with Crippen molar-refractivity contribution in [1.82, 2.24) is 5.32 Å². The molecule has 0 spiro atoms. The number of nitrogens with two attached hydrogens (primary N) is 4. The lowest BCUT2D eigenvalue weighted by atomic mass is 10.1. The van der Waals surface area contributed by atoms with Crippen molar-refractivity contribution in [2.45, 2.75) is 82.8 Å². The molecule has 0 aliphatic carbocycles. The van der Waals surface area contributed by atoms with Crippen LogP contribution in [0, 0.1) is 0 Å². The summed E-state index contributed by atoms with van der Waals surface area (Å²) in [6, 6.07) is -2.55. The van der Waals surface area contributed by atoms with Crippen LogP contribution in [0.2, 0.25) is 0 Å². The number of esters is 2. The number of carbonyl (C=O) groups is 3. The van der Waals surface area contributed by atoms with Gasteiger partial charge in [-0.15, -0.1) is 0 Å². The van der Waals surface area contributed by atoms with Gasteiger partial charge in [-0.1, -0.05) is 26.2 Å². The zero-order chi connectivity index (χ0) is 20.7. The Bertz CT molecular complexity index is 447. The van der Waals surface area contributed by atoms with Gasteiger partial charge in [0.05, 0.1) is 6.04 Å². The second kappa shape index (κ2) is 15.5. The Morgan fingerprint density at radius 3 is 1.93 bits per heavy atom. The van der Waals surface area contributed by atoms with Crippen LogP contribution in [-0.2, 0) is 19.1 Å². The molecule has 0 rings (SSSR count). The van der Waals surface area contributed by atoms with Crippen molar-refractivity contribution in [2.75, 3.05) is 13.1 Å². The molecular weight excluding hydrogens is 350 g/mol. The van der Waals surface area contributed by atoms with E-state index >= 15 is 0 Å². The molecule has 0 bridgehead atoms. The minimum Gasteiger partial charge on any atom is -0.390 e. The second-order valence-corrected chi connectivity index (χ2v) is 6.73. The van der Waals surface area contributed by atoms with Crippen LogP contribution < -0.4 is 28.3 Å². The molecule has 9 nitrogen and oxygen atoms in total. The number of unbranched alkanes of at least 4 members (excludes halogenated alkanes) is 3. The predicted molar refractivity (Wildman–Crippen MR) is 104 cm³/mol. The van der Waals surface area contributed by atoms with Gasteiger partial charge in [0.15, 0.2) is 0 Å². The summed E-state index contributed by atoms with van der Waals surface area (Å²) >= 11 is 0. The average Bonchev–Trinajstić information content (AvgIpc) is 2.65. The minimum absolute atomic E-state index is 0.314. The quantitative estimate of drug-likeness (QED) is 0.144. The van der Waals surface area contributed by atoms with Crippen LogP contribution in [0.25, 0.3) is 0 Å². The molecule has 158 valence electrons. The van der Waals surface area contributed by atoms with Crippen LogP contribution in [0.4, 0.5) is 0 Å². The highest BCUT2D eigenvalue weighted by Gasteiger charge is 2.28. The van der Waals surface area contributed by atoms with Gasteiger partial charge in [-0.2, -0.15) is 0 Å². The molecule has 3 atom stereocenters. The Kier molecular flexibility index (Phi) is 14.6. The molecule has 0 heterocycles. The van der Waals surface area contributed by atoms with Gasteiger partial charge in [-0.05, 0) is 51.6 Å². The summed E-state index contributed by atoms with van der Waals surface area (Å²) in [6.07, 6.45) is 5.65. The van der Waals surface area contributed by atoms with Gasteiger partial charge in [-0.25, -0.2) is 9.59 Å². The highest BCUT2D eigenvalue weighted by Crippen LogP contribution is 2.07. The first-order chi connectivity index (χ1) is 12.9. The predicted octanol–water partition coefficient (Wildman–Crippen LogP) is -0.356. The Hall–Kier alpha value is -1.55. The number of hydrogen-bond donors (Lipinski definition) is 5. The van der Waals surface area contributed by atoms with E-state index in [0.29, 0.717) is 45.2 Å². The fraction of sp³-hybridized carbons (Fsp3) is 0.833. The Balaban J connectivity index is 4.73. The Morgan fingerprint density at radius 2 is 1.37 bits per heavy atom. The zero-order valence-corrected chi connectivity index (χ0v) is 16.5. The molecule has 0 aliphatic heterocycles. The maximum atomic E-state index is 12.3. The molecule has 0 saturated carbocycles. The number of rotatable bonds is 15. The molecule has 0 aliphatic rings. The lowest BCUT2D eigenvalue weighted by molar-refractivity contribution is -0.163. The van der Waals surface area contributed by atoms with Crippen molar-refractivity contribution >= 4 is 17.8 Å². The van der Waals surface area contributed by atoms with Crippen LogP contribution in [0.15, 0.2) is 0 Å². The SMILES string of the molecule is CCCCC(N)C(=O)OC(=O)C(CCCCN)NC(=O)C(N)CCCCN. The van der Waals surface area contributed by atoms with Crippen LogP contribution in [0.1, 0.15) is 64.7 Å². The van der Waals surface area contributed by atoms with Gasteiger partial charge in [0.2, 0.25) is 5.91 Å². The third-order valence-electron chi connectivity index (χ3n) is 4.23. The van der Waals surface area contributed by atoms with E-state index in [-0.39, 0.29) is 0 Å². The van der Waals surface area contributed by atoms with Gasteiger partial charge in [-0.3, -0.25) is 4.79 Å². The first-order valence-corrected chi connectivity index (χ1v) is 9.84. The minimum atomic E-state index is -0.952. The smallest absolute Gasteiger partial charge is 0.336 e. The van der Waals surface area contributed by atoms with Gasteiger partial charge >= 0.3 is 11.9 Å². The molecule has 0 fully saturated rings. The van der Waals surface area contributed by atoms with Crippen LogP contribution in [-0.4, -0.2) is 49.1 Å². The average molecular weight is 388 g/mol. The third kappa shape index (κ3) is 11.7. The molecule has 3 unspecified atom stereocenters. The molecule has 0 aromatic rings. The molecule has 1 amide bonds. The zero-order valence-electron chi connectivity index (χ0n) is 16.5. The molecule has 9 heteroatoms. The maximum absolute atomic E-state index is 12.3. The fourth-order valence-corrected chi connectivity index (χ4v) is 2.45. The van der Waals surface area contributed by atoms with E-state index in [9.17, 15) is 14.4 Å². The van der Waals surface area contributed by atoms with E-state index in [1.807, 2.05) is 6.92 Å². The van der Waals surface area contributed by atoms with Crippen molar-refractivity contribution in [3.8, 4) is 0 Å². The molecule has 0 aromatic heterocycles. The van der Waals surface area contributed by atoms with Gasteiger partial charge in [0.25, 0.3) is 0 Å². The molecular formula is C18H37N5O4. The highest BCUT2D eigenvalue weighted by molar-refractivity contribution is 5.93.